The van der Waals surface area contributed by atoms with E-state index < -0.39 is 52.7 Å². The third kappa shape index (κ3) is 3.40. The van der Waals surface area contributed by atoms with Gasteiger partial charge in [-0.3, -0.25) is 9.59 Å². The van der Waals surface area contributed by atoms with Crippen LogP contribution < -0.4 is 10.6 Å². The number of benzene rings is 2. The number of amides is 2. The van der Waals surface area contributed by atoms with Crippen LogP contribution in [0.1, 0.15) is 18.4 Å². The van der Waals surface area contributed by atoms with Crippen LogP contribution in [0.2, 0.25) is 0 Å². The molecule has 1 saturated carbocycles. The Labute approximate surface area is 146 Å². The Morgan fingerprint density at radius 1 is 0.923 bits per heavy atom. The van der Waals surface area contributed by atoms with Gasteiger partial charge in [-0.2, -0.15) is 0 Å². The average Bonchev–Trinajstić information content (AvgIpc) is 3.43. The zero-order valence-corrected chi connectivity index (χ0v) is 13.4. The summed E-state index contributed by atoms with van der Waals surface area (Å²) in [5, 5.41) is 4.50. The number of hydrogen-bond acceptors (Lipinski definition) is 2. The van der Waals surface area contributed by atoms with Gasteiger partial charge in [0.15, 0.2) is 17.5 Å². The first kappa shape index (κ1) is 17.9. The van der Waals surface area contributed by atoms with Crippen molar-refractivity contribution in [1.29, 1.82) is 0 Å². The maximum absolute atomic E-state index is 13.5. The highest BCUT2D eigenvalue weighted by Crippen LogP contribution is 2.48. The van der Waals surface area contributed by atoms with Crippen molar-refractivity contribution >= 4 is 17.5 Å². The van der Waals surface area contributed by atoms with Crippen molar-refractivity contribution in [2.75, 3.05) is 11.9 Å². The Hall–Kier alpha value is -2.90. The minimum absolute atomic E-state index is 0.412. The predicted octanol–water partition coefficient (Wildman–Crippen LogP) is 3.03. The third-order valence-electron chi connectivity index (χ3n) is 4.30. The van der Waals surface area contributed by atoms with Crippen molar-refractivity contribution in [2.24, 2.45) is 0 Å². The minimum Gasteiger partial charge on any atom is -0.346 e. The molecule has 0 spiro atoms. The largest absolute Gasteiger partial charge is 0.346 e. The Morgan fingerprint density at radius 2 is 1.58 bits per heavy atom. The fraction of sp³-hybridized carbons (Fsp3) is 0.222. The van der Waals surface area contributed by atoms with E-state index in [2.05, 4.69) is 10.6 Å². The van der Waals surface area contributed by atoms with Crippen LogP contribution in [-0.4, -0.2) is 18.4 Å². The van der Waals surface area contributed by atoms with Gasteiger partial charge >= 0.3 is 0 Å². The molecule has 2 N–H and O–H groups in total. The van der Waals surface area contributed by atoms with Gasteiger partial charge in [0.2, 0.25) is 11.8 Å². The summed E-state index contributed by atoms with van der Waals surface area (Å²) in [7, 11) is 0. The molecule has 0 radical (unpaired) electrons. The van der Waals surface area contributed by atoms with E-state index in [1.165, 1.54) is 24.3 Å². The summed E-state index contributed by atoms with van der Waals surface area (Å²) in [6, 6.07) is 7.09. The van der Waals surface area contributed by atoms with Crippen molar-refractivity contribution in [3.8, 4) is 0 Å². The number of rotatable bonds is 5. The number of halogens is 4. The van der Waals surface area contributed by atoms with Crippen LogP contribution in [-0.2, 0) is 15.0 Å². The second kappa shape index (κ2) is 6.78. The molecule has 8 heteroatoms. The first-order valence-electron chi connectivity index (χ1n) is 7.81. The SMILES string of the molecule is O=C(CNC(=O)C1(c2ccc(F)cc2)CC1)Nc1ccc(F)c(F)c1F. The summed E-state index contributed by atoms with van der Waals surface area (Å²) in [5.41, 5.74) is -0.687. The molecule has 26 heavy (non-hydrogen) atoms. The summed E-state index contributed by atoms with van der Waals surface area (Å²) in [6.07, 6.45) is 1.12. The van der Waals surface area contributed by atoms with Gasteiger partial charge in [0.05, 0.1) is 17.6 Å². The van der Waals surface area contributed by atoms with Gasteiger partial charge in [0.1, 0.15) is 5.82 Å². The second-order valence-electron chi connectivity index (χ2n) is 6.04. The molecule has 0 saturated heterocycles. The summed E-state index contributed by atoms with van der Waals surface area (Å²) in [5.74, 6) is -6.21. The van der Waals surface area contributed by atoms with Crippen LogP contribution >= 0.6 is 0 Å². The number of carbonyl (C=O) groups is 2. The molecule has 0 aromatic heterocycles. The standard InChI is InChI=1S/C18H14F4N2O2/c19-11-3-1-10(2-4-11)18(7-8-18)17(26)23-9-14(25)24-13-6-5-12(20)15(21)16(13)22/h1-6H,7-9H2,(H,23,26)(H,24,25). The molecule has 0 unspecified atom stereocenters. The van der Waals surface area contributed by atoms with Gasteiger partial charge in [0, 0.05) is 0 Å². The van der Waals surface area contributed by atoms with Crippen molar-refractivity contribution in [1.82, 2.24) is 5.32 Å². The number of nitrogens with one attached hydrogen (secondary N) is 2. The molecule has 2 amide bonds. The minimum atomic E-state index is -1.69. The number of hydrogen-bond donors (Lipinski definition) is 2. The number of carbonyl (C=O) groups excluding carboxylic acids is 2. The monoisotopic (exact) mass is 366 g/mol. The van der Waals surface area contributed by atoms with Crippen LogP contribution in [0.25, 0.3) is 0 Å². The highest BCUT2D eigenvalue weighted by Gasteiger charge is 2.51. The Bertz CT molecular complexity index is 864. The zero-order valence-electron chi connectivity index (χ0n) is 13.4. The molecule has 4 nitrogen and oxygen atoms in total. The summed E-state index contributed by atoms with van der Waals surface area (Å²) in [6.45, 7) is -0.472. The molecule has 2 aromatic rings. The van der Waals surface area contributed by atoms with E-state index in [1.807, 2.05) is 0 Å². The fourth-order valence-electron chi connectivity index (χ4n) is 2.69. The van der Waals surface area contributed by atoms with Gasteiger partial charge < -0.3 is 10.6 Å². The first-order chi connectivity index (χ1) is 12.3. The van der Waals surface area contributed by atoms with Crippen molar-refractivity contribution in [3.05, 3.63) is 65.2 Å². The average molecular weight is 366 g/mol. The second-order valence-corrected chi connectivity index (χ2v) is 6.04. The van der Waals surface area contributed by atoms with Crippen molar-refractivity contribution in [3.63, 3.8) is 0 Å². The maximum atomic E-state index is 13.5. The topological polar surface area (TPSA) is 58.2 Å². The molecular weight excluding hydrogens is 352 g/mol. The van der Waals surface area contributed by atoms with Gasteiger partial charge in [-0.25, -0.2) is 17.6 Å². The Balaban J connectivity index is 1.60. The normalized spacial score (nSPS) is 14.6. The van der Waals surface area contributed by atoms with Crippen LogP contribution in [0.5, 0.6) is 0 Å². The lowest BCUT2D eigenvalue weighted by Crippen LogP contribution is -2.39. The number of anilines is 1. The van der Waals surface area contributed by atoms with Gasteiger partial charge in [0.25, 0.3) is 0 Å². The van der Waals surface area contributed by atoms with E-state index in [9.17, 15) is 27.2 Å². The molecule has 2 aromatic carbocycles. The molecule has 1 fully saturated rings. The van der Waals surface area contributed by atoms with Crippen molar-refractivity contribution < 1.29 is 27.2 Å². The fourth-order valence-corrected chi connectivity index (χ4v) is 2.69. The van der Waals surface area contributed by atoms with Gasteiger partial charge in [-0.15, -0.1) is 0 Å². The molecular formula is C18H14F4N2O2. The lowest BCUT2D eigenvalue weighted by Gasteiger charge is -2.16. The molecule has 0 heterocycles. The van der Waals surface area contributed by atoms with Crippen LogP contribution in [0.4, 0.5) is 23.2 Å². The highest BCUT2D eigenvalue weighted by atomic mass is 19.2. The Kier molecular flexibility index (Phi) is 4.67. The molecule has 0 aliphatic heterocycles. The quantitative estimate of drug-likeness (QED) is 0.631. The summed E-state index contributed by atoms with van der Waals surface area (Å²) >= 11 is 0. The maximum Gasteiger partial charge on any atom is 0.243 e. The molecule has 1 aliphatic rings. The molecule has 0 bridgehead atoms. The predicted molar refractivity (Wildman–Crippen MR) is 85.3 cm³/mol. The first-order valence-corrected chi connectivity index (χ1v) is 7.81. The van der Waals surface area contributed by atoms with Gasteiger partial charge in [-0.05, 0) is 42.7 Å². The zero-order chi connectivity index (χ0) is 18.9. The van der Waals surface area contributed by atoms with Crippen molar-refractivity contribution in [2.45, 2.75) is 18.3 Å². The molecule has 3 rings (SSSR count). The van der Waals surface area contributed by atoms with E-state index in [-0.39, 0.29) is 0 Å². The van der Waals surface area contributed by atoms with E-state index in [4.69, 9.17) is 0 Å². The lowest BCUT2D eigenvalue weighted by molar-refractivity contribution is -0.126. The molecule has 1 aliphatic carbocycles. The van der Waals surface area contributed by atoms with E-state index >= 15 is 0 Å². The van der Waals surface area contributed by atoms with Gasteiger partial charge in [-0.1, -0.05) is 12.1 Å². The lowest BCUT2D eigenvalue weighted by atomic mass is 9.95. The Morgan fingerprint density at radius 3 is 2.19 bits per heavy atom. The van der Waals surface area contributed by atoms with E-state index in [1.54, 1.807) is 0 Å². The summed E-state index contributed by atoms with van der Waals surface area (Å²) in [4.78, 5) is 24.2. The molecule has 0 atom stereocenters. The smallest absolute Gasteiger partial charge is 0.243 e. The van der Waals surface area contributed by atoms with E-state index in [0.717, 1.165) is 6.07 Å². The van der Waals surface area contributed by atoms with Crippen LogP contribution in [0.15, 0.2) is 36.4 Å². The highest BCUT2D eigenvalue weighted by molar-refractivity contribution is 5.97. The van der Waals surface area contributed by atoms with Crippen LogP contribution in [0.3, 0.4) is 0 Å². The summed E-state index contributed by atoms with van der Waals surface area (Å²) < 4.78 is 52.5. The van der Waals surface area contributed by atoms with Crippen LogP contribution in [0, 0.1) is 23.3 Å². The van der Waals surface area contributed by atoms with E-state index in [0.29, 0.717) is 24.5 Å². The third-order valence-corrected chi connectivity index (χ3v) is 4.30. The molecule has 136 valence electrons.